The molecule has 0 spiro atoms. The lowest BCUT2D eigenvalue weighted by Gasteiger charge is -2.47. The molecule has 4 heteroatoms. The summed E-state index contributed by atoms with van der Waals surface area (Å²) < 4.78 is 5.51. The summed E-state index contributed by atoms with van der Waals surface area (Å²) in [6.07, 6.45) is 0.969. The summed E-state index contributed by atoms with van der Waals surface area (Å²) in [4.78, 5) is 14.5. The van der Waals surface area contributed by atoms with Crippen molar-refractivity contribution in [2.45, 2.75) is 33.2 Å². The summed E-state index contributed by atoms with van der Waals surface area (Å²) >= 11 is 0. The van der Waals surface area contributed by atoms with Crippen molar-refractivity contribution >= 4 is 11.6 Å². The number of amides is 1. The number of benzene rings is 1. The van der Waals surface area contributed by atoms with Crippen LogP contribution in [0.2, 0.25) is 0 Å². The van der Waals surface area contributed by atoms with Gasteiger partial charge in [-0.25, -0.2) is 0 Å². The molecule has 3 saturated heterocycles. The summed E-state index contributed by atoms with van der Waals surface area (Å²) in [5.41, 5.74) is 1.32. The van der Waals surface area contributed by atoms with Crippen LogP contribution in [0, 0.1) is 11.3 Å². The van der Waals surface area contributed by atoms with E-state index < -0.39 is 0 Å². The molecular weight excluding hydrogens is 264 g/mol. The molecule has 2 bridgehead atoms. The molecule has 3 aliphatic heterocycles. The smallest absolute Gasteiger partial charge is 0.224 e. The highest BCUT2D eigenvalue weighted by Crippen LogP contribution is 2.41. The highest BCUT2D eigenvalue weighted by molar-refractivity contribution is 5.81. The Hall–Kier alpha value is -1.71. The average Bonchev–Trinajstić information content (AvgIpc) is 2.66. The third kappa shape index (κ3) is 2.59. The normalized spacial score (nSPS) is 27.2. The fourth-order valence-corrected chi connectivity index (χ4v) is 3.71. The van der Waals surface area contributed by atoms with E-state index >= 15 is 0 Å². The van der Waals surface area contributed by atoms with Gasteiger partial charge in [0.2, 0.25) is 5.91 Å². The van der Waals surface area contributed by atoms with Crippen LogP contribution in [-0.2, 0) is 4.79 Å². The molecule has 0 radical (unpaired) electrons. The van der Waals surface area contributed by atoms with Gasteiger partial charge in [-0.1, -0.05) is 13.8 Å². The molecule has 3 aliphatic rings. The maximum Gasteiger partial charge on any atom is 0.224 e. The van der Waals surface area contributed by atoms with Crippen molar-refractivity contribution in [1.29, 1.82) is 0 Å². The van der Waals surface area contributed by atoms with E-state index in [0.717, 1.165) is 25.3 Å². The van der Waals surface area contributed by atoms with Crippen molar-refractivity contribution in [1.82, 2.24) is 5.32 Å². The summed E-state index contributed by atoms with van der Waals surface area (Å²) in [5, 5.41) is 3.09. The third-order valence-electron chi connectivity index (χ3n) is 4.79. The van der Waals surface area contributed by atoms with Gasteiger partial charge in [-0.3, -0.25) is 4.79 Å². The number of piperidine rings is 1. The van der Waals surface area contributed by atoms with E-state index in [0.29, 0.717) is 12.6 Å². The molecule has 2 atom stereocenters. The van der Waals surface area contributed by atoms with Gasteiger partial charge < -0.3 is 15.0 Å². The summed E-state index contributed by atoms with van der Waals surface area (Å²) in [6, 6.07) is 8.58. The van der Waals surface area contributed by atoms with E-state index in [4.69, 9.17) is 4.74 Å². The zero-order valence-electron chi connectivity index (χ0n) is 13.1. The van der Waals surface area contributed by atoms with Gasteiger partial charge in [-0.15, -0.1) is 0 Å². The van der Waals surface area contributed by atoms with E-state index in [1.54, 1.807) is 0 Å². The molecule has 114 valence electrons. The number of nitrogens with one attached hydrogen (secondary N) is 1. The molecule has 0 aliphatic carbocycles. The lowest BCUT2D eigenvalue weighted by atomic mass is 9.73. The summed E-state index contributed by atoms with van der Waals surface area (Å²) in [5.74, 6) is 1.19. The molecule has 1 aromatic rings. The average molecular weight is 288 g/mol. The van der Waals surface area contributed by atoms with E-state index in [1.807, 2.05) is 19.1 Å². The highest BCUT2D eigenvalue weighted by atomic mass is 16.5. The quantitative estimate of drug-likeness (QED) is 0.929. The number of hydrogen-bond acceptors (Lipinski definition) is 3. The Morgan fingerprint density at radius 1 is 1.33 bits per heavy atom. The van der Waals surface area contributed by atoms with Gasteiger partial charge in [0.1, 0.15) is 5.75 Å². The number of rotatable bonds is 3. The second kappa shape index (κ2) is 5.24. The predicted octanol–water partition coefficient (Wildman–Crippen LogP) is 2.44. The minimum atomic E-state index is 0.0883. The van der Waals surface area contributed by atoms with Crippen LogP contribution in [0.5, 0.6) is 5.75 Å². The molecule has 1 N–H and O–H groups in total. The fraction of sp³-hybridized carbons (Fsp3) is 0.588. The molecule has 1 amide bonds. The second-order valence-electron chi connectivity index (χ2n) is 6.73. The van der Waals surface area contributed by atoms with Crippen LogP contribution >= 0.6 is 0 Å². The number of hydrogen-bond donors (Lipinski definition) is 1. The number of carbonyl (C=O) groups is 1. The predicted molar refractivity (Wildman–Crippen MR) is 83.6 cm³/mol. The SMILES string of the molecule is CCOc1ccc(N2CC3CC(C)(C)C2CNC3=O)cc1. The van der Waals surface area contributed by atoms with Crippen LogP contribution in [0.4, 0.5) is 5.69 Å². The topological polar surface area (TPSA) is 41.6 Å². The second-order valence-corrected chi connectivity index (χ2v) is 6.73. The molecule has 0 aromatic heterocycles. The third-order valence-corrected chi connectivity index (χ3v) is 4.79. The molecule has 4 rings (SSSR count). The first-order valence-electron chi connectivity index (χ1n) is 7.78. The Bertz CT molecular complexity index is 524. The lowest BCUT2D eigenvalue weighted by molar-refractivity contribution is -0.124. The van der Waals surface area contributed by atoms with Crippen molar-refractivity contribution in [2.75, 3.05) is 24.6 Å². The van der Waals surface area contributed by atoms with Crippen LogP contribution in [0.3, 0.4) is 0 Å². The Labute approximate surface area is 126 Å². The first-order valence-corrected chi connectivity index (χ1v) is 7.78. The Morgan fingerprint density at radius 2 is 2.05 bits per heavy atom. The highest BCUT2D eigenvalue weighted by Gasteiger charge is 2.46. The Kier molecular flexibility index (Phi) is 3.56. The molecule has 2 unspecified atom stereocenters. The summed E-state index contributed by atoms with van der Waals surface area (Å²) in [7, 11) is 0. The van der Waals surface area contributed by atoms with Crippen molar-refractivity contribution in [3.63, 3.8) is 0 Å². The van der Waals surface area contributed by atoms with Crippen molar-refractivity contribution in [2.24, 2.45) is 11.3 Å². The summed E-state index contributed by atoms with van der Waals surface area (Å²) in [6.45, 7) is 8.75. The van der Waals surface area contributed by atoms with Gasteiger partial charge >= 0.3 is 0 Å². The van der Waals surface area contributed by atoms with Gasteiger partial charge in [0, 0.05) is 18.8 Å². The van der Waals surface area contributed by atoms with Crippen molar-refractivity contribution < 1.29 is 9.53 Å². The number of anilines is 1. The van der Waals surface area contributed by atoms with E-state index in [2.05, 4.69) is 36.2 Å². The zero-order chi connectivity index (χ0) is 15.0. The molecule has 3 heterocycles. The fourth-order valence-electron chi connectivity index (χ4n) is 3.71. The van der Waals surface area contributed by atoms with Crippen molar-refractivity contribution in [3.05, 3.63) is 24.3 Å². The number of carbonyl (C=O) groups excluding carboxylic acids is 1. The minimum Gasteiger partial charge on any atom is -0.494 e. The van der Waals surface area contributed by atoms with E-state index in [1.165, 1.54) is 5.69 Å². The standard InChI is InChI=1S/C17H24N2O2/c1-4-21-14-7-5-13(6-8-14)19-11-12-9-17(2,3)15(19)10-18-16(12)20/h5-8,12,15H,4,9-11H2,1-3H3,(H,18,20). The van der Waals surface area contributed by atoms with Crippen LogP contribution in [-0.4, -0.2) is 31.6 Å². The molecule has 21 heavy (non-hydrogen) atoms. The Morgan fingerprint density at radius 3 is 2.71 bits per heavy atom. The lowest BCUT2D eigenvalue weighted by Crippen LogP contribution is -2.53. The van der Waals surface area contributed by atoms with Gasteiger partial charge in [0.15, 0.2) is 0 Å². The molecule has 4 nitrogen and oxygen atoms in total. The largest absolute Gasteiger partial charge is 0.494 e. The van der Waals surface area contributed by atoms with Crippen LogP contribution in [0.1, 0.15) is 27.2 Å². The molecule has 3 fully saturated rings. The first kappa shape index (κ1) is 14.2. The zero-order valence-corrected chi connectivity index (χ0v) is 13.1. The van der Waals surface area contributed by atoms with Crippen LogP contribution < -0.4 is 15.0 Å². The van der Waals surface area contributed by atoms with Gasteiger partial charge in [0.05, 0.1) is 18.6 Å². The number of fused-ring (bicyclic) bond motifs is 4. The maximum absolute atomic E-state index is 12.1. The van der Waals surface area contributed by atoms with Crippen LogP contribution in [0.25, 0.3) is 0 Å². The van der Waals surface area contributed by atoms with Crippen LogP contribution in [0.15, 0.2) is 24.3 Å². The molecule has 1 aromatic carbocycles. The van der Waals surface area contributed by atoms with Gasteiger partial charge in [0.25, 0.3) is 0 Å². The van der Waals surface area contributed by atoms with Gasteiger partial charge in [-0.2, -0.15) is 0 Å². The first-order chi connectivity index (χ1) is 10.0. The van der Waals surface area contributed by atoms with E-state index in [-0.39, 0.29) is 17.2 Å². The number of ether oxygens (including phenoxy) is 1. The minimum absolute atomic E-state index is 0.0883. The molecular formula is C17H24N2O2. The van der Waals surface area contributed by atoms with Gasteiger partial charge in [-0.05, 0) is 43.0 Å². The molecule has 0 saturated carbocycles. The monoisotopic (exact) mass is 288 g/mol. The van der Waals surface area contributed by atoms with E-state index in [9.17, 15) is 4.79 Å². The number of nitrogens with zero attached hydrogens (tertiary/aromatic N) is 1. The Balaban J connectivity index is 1.89. The maximum atomic E-state index is 12.1. The van der Waals surface area contributed by atoms with Crippen molar-refractivity contribution in [3.8, 4) is 5.75 Å².